The van der Waals surface area contributed by atoms with Crippen molar-refractivity contribution in [2.45, 2.75) is 32.2 Å². The van der Waals surface area contributed by atoms with Crippen molar-refractivity contribution in [3.05, 3.63) is 29.8 Å². The number of ketones is 1. The van der Waals surface area contributed by atoms with Gasteiger partial charge in [0.2, 0.25) is 0 Å². The Kier molecular flexibility index (Phi) is 2.96. The molecule has 1 unspecified atom stereocenters. The molecule has 0 amide bonds. The van der Waals surface area contributed by atoms with Crippen LogP contribution >= 0.6 is 0 Å². The Hall–Kier alpha value is -1.35. The third-order valence-electron chi connectivity index (χ3n) is 3.72. The van der Waals surface area contributed by atoms with Gasteiger partial charge in [-0.15, -0.1) is 0 Å². The van der Waals surface area contributed by atoms with Gasteiger partial charge in [0.1, 0.15) is 11.5 Å². The predicted molar refractivity (Wildman–Crippen MR) is 67.1 cm³/mol. The highest BCUT2D eigenvalue weighted by molar-refractivity contribution is 5.81. The lowest BCUT2D eigenvalue weighted by Crippen LogP contribution is -2.41. The number of aromatic hydroxyl groups is 1. The highest BCUT2D eigenvalue weighted by Gasteiger charge is 2.44. The summed E-state index contributed by atoms with van der Waals surface area (Å²) in [7, 11) is 0. The van der Waals surface area contributed by atoms with E-state index < -0.39 is 0 Å². The number of hydrogen-bond donors (Lipinski definition) is 2. The van der Waals surface area contributed by atoms with E-state index in [2.05, 4.69) is 19.2 Å². The van der Waals surface area contributed by atoms with Crippen LogP contribution in [0.1, 0.15) is 32.3 Å². The molecule has 92 valence electrons. The van der Waals surface area contributed by atoms with Crippen LogP contribution in [-0.2, 0) is 4.79 Å². The predicted octanol–water partition coefficient (Wildman–Crippen LogP) is 2.06. The van der Waals surface area contributed by atoms with E-state index in [0.29, 0.717) is 0 Å². The first-order chi connectivity index (χ1) is 7.92. The van der Waals surface area contributed by atoms with Gasteiger partial charge in [-0.1, -0.05) is 12.1 Å². The summed E-state index contributed by atoms with van der Waals surface area (Å²) in [5.41, 5.74) is 0.954. The van der Waals surface area contributed by atoms with Crippen molar-refractivity contribution in [2.24, 2.45) is 5.92 Å². The van der Waals surface area contributed by atoms with Gasteiger partial charge in [-0.05, 0) is 38.5 Å². The van der Waals surface area contributed by atoms with Crippen molar-refractivity contribution in [1.29, 1.82) is 0 Å². The molecule has 0 radical (unpaired) electrons. The zero-order chi connectivity index (χ0) is 12.6. The van der Waals surface area contributed by atoms with E-state index in [1.807, 2.05) is 12.1 Å². The molecule has 17 heavy (non-hydrogen) atoms. The third-order valence-corrected chi connectivity index (χ3v) is 3.72. The molecular formula is C14H19NO2. The maximum absolute atomic E-state index is 11.8. The molecule has 2 atom stereocenters. The van der Waals surface area contributed by atoms with Crippen LogP contribution in [0.5, 0.6) is 5.75 Å². The first-order valence-corrected chi connectivity index (χ1v) is 5.96. The Morgan fingerprint density at radius 2 is 1.94 bits per heavy atom. The number of carbonyl (C=O) groups is 1. The molecule has 1 aliphatic heterocycles. The summed E-state index contributed by atoms with van der Waals surface area (Å²) in [6, 6.07) is 7.16. The minimum absolute atomic E-state index is 0.00737. The van der Waals surface area contributed by atoms with Crippen LogP contribution in [0.4, 0.5) is 0 Å². The van der Waals surface area contributed by atoms with Gasteiger partial charge in [-0.2, -0.15) is 0 Å². The minimum atomic E-state index is -0.158. The molecule has 1 saturated heterocycles. The number of benzene rings is 1. The van der Waals surface area contributed by atoms with Gasteiger partial charge in [0.15, 0.2) is 0 Å². The first kappa shape index (κ1) is 12.1. The van der Waals surface area contributed by atoms with Gasteiger partial charge in [0.05, 0.1) is 0 Å². The zero-order valence-electron chi connectivity index (χ0n) is 10.5. The summed E-state index contributed by atoms with van der Waals surface area (Å²) >= 11 is 0. The van der Waals surface area contributed by atoms with Crippen LogP contribution in [0.25, 0.3) is 0 Å². The summed E-state index contributed by atoms with van der Waals surface area (Å²) in [6.45, 7) is 6.60. The molecule has 0 saturated carbocycles. The Bertz CT molecular complexity index is 422. The van der Waals surface area contributed by atoms with Crippen LogP contribution in [0, 0.1) is 5.92 Å². The molecule has 1 fully saturated rings. The van der Waals surface area contributed by atoms with Crippen LogP contribution in [0.3, 0.4) is 0 Å². The maximum atomic E-state index is 11.8. The maximum Gasteiger partial charge on any atom is 0.135 e. The number of hydrogen-bond acceptors (Lipinski definition) is 3. The highest BCUT2D eigenvalue weighted by Crippen LogP contribution is 2.38. The lowest BCUT2D eigenvalue weighted by molar-refractivity contribution is -0.122. The standard InChI is InChI=1S/C14H19NO2/c1-9(16)13-12(8-15-14(13,2)3)10-4-6-11(17)7-5-10/h4-7,12-13,15,17H,8H2,1-3H3/t12?,13-/m1/s1. The number of nitrogens with one attached hydrogen (secondary N) is 1. The summed E-state index contributed by atoms with van der Waals surface area (Å²) < 4.78 is 0. The first-order valence-electron chi connectivity index (χ1n) is 5.96. The molecule has 1 aromatic rings. The molecule has 1 heterocycles. The Balaban J connectivity index is 2.33. The Morgan fingerprint density at radius 3 is 2.47 bits per heavy atom. The highest BCUT2D eigenvalue weighted by atomic mass is 16.3. The third kappa shape index (κ3) is 2.20. The van der Waals surface area contributed by atoms with Crippen LogP contribution in [0.2, 0.25) is 0 Å². The van der Waals surface area contributed by atoms with Crippen molar-refractivity contribution in [2.75, 3.05) is 6.54 Å². The van der Waals surface area contributed by atoms with E-state index in [9.17, 15) is 9.90 Å². The monoisotopic (exact) mass is 233 g/mol. The van der Waals surface area contributed by atoms with Gasteiger partial charge in [0.25, 0.3) is 0 Å². The molecule has 2 N–H and O–H groups in total. The average molecular weight is 233 g/mol. The molecule has 2 rings (SSSR count). The fourth-order valence-corrected chi connectivity index (χ4v) is 2.93. The number of phenols is 1. The van der Waals surface area contributed by atoms with E-state index >= 15 is 0 Å². The fraction of sp³-hybridized carbons (Fsp3) is 0.500. The fourth-order valence-electron chi connectivity index (χ4n) is 2.93. The molecule has 3 heteroatoms. The topological polar surface area (TPSA) is 49.3 Å². The Labute approximate surface area is 102 Å². The molecule has 0 spiro atoms. The molecule has 3 nitrogen and oxygen atoms in total. The van der Waals surface area contributed by atoms with Crippen molar-refractivity contribution in [3.63, 3.8) is 0 Å². The number of carbonyl (C=O) groups excluding carboxylic acids is 1. The normalized spacial score (nSPS) is 27.0. The van der Waals surface area contributed by atoms with E-state index in [1.165, 1.54) is 0 Å². The van der Waals surface area contributed by atoms with E-state index in [-0.39, 0.29) is 28.9 Å². The van der Waals surface area contributed by atoms with Gasteiger partial charge < -0.3 is 10.4 Å². The Morgan fingerprint density at radius 1 is 1.35 bits per heavy atom. The van der Waals surface area contributed by atoms with Gasteiger partial charge in [-0.25, -0.2) is 0 Å². The van der Waals surface area contributed by atoms with Crippen molar-refractivity contribution >= 4 is 5.78 Å². The second-order valence-corrected chi connectivity index (χ2v) is 5.39. The molecule has 0 aromatic heterocycles. The van der Waals surface area contributed by atoms with Crippen molar-refractivity contribution in [1.82, 2.24) is 5.32 Å². The largest absolute Gasteiger partial charge is 0.508 e. The molecule has 1 aromatic carbocycles. The van der Waals surface area contributed by atoms with Crippen LogP contribution in [-0.4, -0.2) is 23.0 Å². The smallest absolute Gasteiger partial charge is 0.135 e. The molecular weight excluding hydrogens is 214 g/mol. The van der Waals surface area contributed by atoms with Gasteiger partial charge in [0, 0.05) is 23.9 Å². The summed E-state index contributed by atoms with van der Waals surface area (Å²) in [5, 5.41) is 12.7. The van der Waals surface area contributed by atoms with Crippen molar-refractivity contribution in [3.8, 4) is 5.75 Å². The molecule has 0 bridgehead atoms. The molecule has 0 aliphatic carbocycles. The average Bonchev–Trinajstić information content (AvgIpc) is 2.55. The number of Topliss-reactive ketones (excluding diaryl/α,β-unsaturated/α-hetero) is 1. The van der Waals surface area contributed by atoms with Crippen LogP contribution in [0.15, 0.2) is 24.3 Å². The second kappa shape index (κ2) is 4.15. The SMILES string of the molecule is CC(=O)[C@@H]1C(c2ccc(O)cc2)CNC1(C)C. The lowest BCUT2D eigenvalue weighted by atomic mass is 9.77. The summed E-state index contributed by atoms with van der Waals surface area (Å²) in [5.74, 6) is 0.673. The lowest BCUT2D eigenvalue weighted by Gasteiger charge is -2.28. The zero-order valence-corrected chi connectivity index (χ0v) is 10.5. The summed E-state index contributed by atoms with van der Waals surface area (Å²) in [4.78, 5) is 11.8. The van der Waals surface area contributed by atoms with Gasteiger partial charge in [-0.3, -0.25) is 4.79 Å². The van der Waals surface area contributed by atoms with Gasteiger partial charge >= 0.3 is 0 Å². The van der Waals surface area contributed by atoms with Crippen molar-refractivity contribution < 1.29 is 9.90 Å². The van der Waals surface area contributed by atoms with E-state index in [0.717, 1.165) is 12.1 Å². The summed E-state index contributed by atoms with van der Waals surface area (Å²) in [6.07, 6.45) is 0. The second-order valence-electron chi connectivity index (χ2n) is 5.39. The number of phenolic OH excluding ortho intramolecular Hbond substituents is 1. The van der Waals surface area contributed by atoms with Crippen LogP contribution < -0.4 is 5.32 Å². The quantitative estimate of drug-likeness (QED) is 0.822. The number of rotatable bonds is 2. The van der Waals surface area contributed by atoms with E-state index in [4.69, 9.17) is 0 Å². The molecule has 1 aliphatic rings. The minimum Gasteiger partial charge on any atom is -0.508 e. The van der Waals surface area contributed by atoms with E-state index in [1.54, 1.807) is 19.1 Å².